The number of carbonyl (C=O) groups is 2. The van der Waals surface area contributed by atoms with E-state index in [0.29, 0.717) is 29.9 Å². The third kappa shape index (κ3) is 4.38. The van der Waals surface area contributed by atoms with Crippen LogP contribution in [-0.2, 0) is 0 Å². The summed E-state index contributed by atoms with van der Waals surface area (Å²) in [6.07, 6.45) is 1.75. The SMILES string of the molecule is O=C(Nc1ccccc1C(=O)N1CCCC(c2cc(=O)[nH][nH]2)C1)c1cccc(Br)c1. The zero-order chi connectivity index (χ0) is 21.1. The van der Waals surface area contributed by atoms with Gasteiger partial charge in [-0.05, 0) is 43.2 Å². The standard InChI is InChI=1S/C22H21BrN4O3/c23-16-7-3-5-14(11-16)21(29)24-18-9-2-1-8-17(18)22(30)27-10-4-6-15(13-27)19-12-20(28)26-25-19/h1-3,5,7-9,11-12,15H,4,6,10,13H2,(H,24,29)(H2,25,26,28). The minimum Gasteiger partial charge on any atom is -0.338 e. The largest absolute Gasteiger partial charge is 0.338 e. The summed E-state index contributed by atoms with van der Waals surface area (Å²) in [4.78, 5) is 39.2. The summed E-state index contributed by atoms with van der Waals surface area (Å²) in [6.45, 7) is 1.15. The van der Waals surface area contributed by atoms with Crippen molar-refractivity contribution in [3.8, 4) is 0 Å². The molecular weight excluding hydrogens is 448 g/mol. The zero-order valence-electron chi connectivity index (χ0n) is 16.2. The van der Waals surface area contributed by atoms with Gasteiger partial charge in [-0.25, -0.2) is 0 Å². The van der Waals surface area contributed by atoms with E-state index in [1.54, 1.807) is 53.4 Å². The fourth-order valence-electron chi connectivity index (χ4n) is 3.76. The molecule has 7 nitrogen and oxygen atoms in total. The molecule has 8 heteroatoms. The number of nitrogens with one attached hydrogen (secondary N) is 3. The highest BCUT2D eigenvalue weighted by Gasteiger charge is 2.28. The van der Waals surface area contributed by atoms with Crippen LogP contribution in [0.15, 0.2) is 63.9 Å². The molecule has 0 radical (unpaired) electrons. The molecule has 2 aromatic carbocycles. The number of aromatic nitrogens is 2. The highest BCUT2D eigenvalue weighted by molar-refractivity contribution is 9.10. The third-order valence-corrected chi connectivity index (χ3v) is 5.75. The molecule has 4 rings (SSSR count). The van der Waals surface area contributed by atoms with Crippen LogP contribution in [0, 0.1) is 0 Å². The van der Waals surface area contributed by atoms with E-state index in [0.717, 1.165) is 23.0 Å². The quantitative estimate of drug-likeness (QED) is 0.543. The van der Waals surface area contributed by atoms with Crippen molar-refractivity contribution >= 4 is 33.4 Å². The van der Waals surface area contributed by atoms with Crippen molar-refractivity contribution in [1.82, 2.24) is 15.1 Å². The van der Waals surface area contributed by atoms with E-state index >= 15 is 0 Å². The number of nitrogens with zero attached hydrogens (tertiary/aromatic N) is 1. The molecule has 2 heterocycles. The summed E-state index contributed by atoms with van der Waals surface area (Å²) in [7, 11) is 0. The van der Waals surface area contributed by atoms with Gasteiger partial charge in [0.15, 0.2) is 0 Å². The first kappa shape index (κ1) is 20.2. The van der Waals surface area contributed by atoms with E-state index in [9.17, 15) is 14.4 Å². The van der Waals surface area contributed by atoms with Crippen LogP contribution < -0.4 is 10.9 Å². The van der Waals surface area contributed by atoms with Crippen molar-refractivity contribution in [3.63, 3.8) is 0 Å². The molecule has 2 amide bonds. The topological polar surface area (TPSA) is 98.1 Å². The lowest BCUT2D eigenvalue weighted by Crippen LogP contribution is -2.39. The number of piperidine rings is 1. The van der Waals surface area contributed by atoms with Crippen LogP contribution in [-0.4, -0.2) is 40.0 Å². The molecule has 30 heavy (non-hydrogen) atoms. The Balaban J connectivity index is 1.53. The Bertz CT molecular complexity index is 1140. The number of hydrogen-bond donors (Lipinski definition) is 3. The molecule has 1 aromatic heterocycles. The molecule has 3 N–H and O–H groups in total. The Kier molecular flexibility index (Phi) is 5.85. The second-order valence-corrected chi connectivity index (χ2v) is 8.23. The first-order valence-electron chi connectivity index (χ1n) is 9.74. The number of H-pyrrole nitrogens is 2. The minimum atomic E-state index is -0.280. The summed E-state index contributed by atoms with van der Waals surface area (Å²) in [5.74, 6) is -0.342. The van der Waals surface area contributed by atoms with Gasteiger partial charge in [0.2, 0.25) is 0 Å². The number of halogens is 1. The third-order valence-electron chi connectivity index (χ3n) is 5.26. The summed E-state index contributed by atoms with van der Waals surface area (Å²) in [5.41, 5.74) is 2.07. The number of amides is 2. The maximum atomic E-state index is 13.3. The number of benzene rings is 2. The van der Waals surface area contributed by atoms with Crippen molar-refractivity contribution in [1.29, 1.82) is 0 Å². The smallest absolute Gasteiger partial charge is 0.264 e. The molecule has 0 aliphatic carbocycles. The number of anilines is 1. The summed E-state index contributed by atoms with van der Waals surface area (Å²) >= 11 is 3.37. The molecule has 1 atom stereocenters. The van der Waals surface area contributed by atoms with Gasteiger partial charge in [-0.1, -0.05) is 34.1 Å². The van der Waals surface area contributed by atoms with Gasteiger partial charge < -0.3 is 15.3 Å². The lowest BCUT2D eigenvalue weighted by molar-refractivity contribution is 0.0707. The van der Waals surface area contributed by atoms with E-state index in [-0.39, 0.29) is 23.3 Å². The molecule has 3 aromatic rings. The molecule has 1 fully saturated rings. The van der Waals surface area contributed by atoms with Gasteiger partial charge >= 0.3 is 0 Å². The predicted molar refractivity (Wildman–Crippen MR) is 118 cm³/mol. The average molecular weight is 469 g/mol. The van der Waals surface area contributed by atoms with E-state index in [2.05, 4.69) is 31.4 Å². The number of para-hydroxylation sites is 1. The van der Waals surface area contributed by atoms with Gasteiger partial charge in [0.1, 0.15) is 0 Å². The summed E-state index contributed by atoms with van der Waals surface area (Å²) < 4.78 is 0.807. The van der Waals surface area contributed by atoms with Crippen LogP contribution in [0.3, 0.4) is 0 Å². The minimum absolute atomic E-state index is 0.0741. The van der Waals surface area contributed by atoms with Gasteiger partial charge in [0.05, 0.1) is 11.3 Å². The summed E-state index contributed by atoms with van der Waals surface area (Å²) in [5, 5.41) is 8.32. The Hall–Kier alpha value is -3.13. The fourth-order valence-corrected chi connectivity index (χ4v) is 4.15. The van der Waals surface area contributed by atoms with Crippen molar-refractivity contribution in [2.75, 3.05) is 18.4 Å². The molecule has 1 saturated heterocycles. The number of likely N-dealkylation sites (tertiary alicyclic amines) is 1. The van der Waals surface area contributed by atoms with Crippen molar-refractivity contribution < 1.29 is 9.59 Å². The Morgan fingerprint density at radius 3 is 2.67 bits per heavy atom. The molecule has 154 valence electrons. The van der Waals surface area contributed by atoms with E-state index in [1.807, 2.05) is 6.07 Å². The number of rotatable bonds is 4. The van der Waals surface area contributed by atoms with Crippen molar-refractivity contribution in [3.05, 3.63) is 86.2 Å². The maximum absolute atomic E-state index is 13.3. The van der Waals surface area contributed by atoms with Crippen LogP contribution in [0.1, 0.15) is 45.2 Å². The van der Waals surface area contributed by atoms with E-state index < -0.39 is 0 Å². The van der Waals surface area contributed by atoms with Gasteiger partial charge in [0.25, 0.3) is 17.4 Å². The van der Waals surface area contributed by atoms with Crippen LogP contribution in [0.2, 0.25) is 0 Å². The van der Waals surface area contributed by atoms with E-state index in [1.165, 1.54) is 0 Å². The normalized spacial score (nSPS) is 16.3. The maximum Gasteiger partial charge on any atom is 0.264 e. The molecule has 0 saturated carbocycles. The molecule has 1 aliphatic rings. The second kappa shape index (κ2) is 8.71. The van der Waals surface area contributed by atoms with Crippen LogP contribution >= 0.6 is 15.9 Å². The lowest BCUT2D eigenvalue weighted by Gasteiger charge is -2.32. The molecule has 0 spiro atoms. The molecule has 0 bridgehead atoms. The fraction of sp³-hybridized carbons (Fsp3) is 0.227. The van der Waals surface area contributed by atoms with Crippen LogP contribution in [0.4, 0.5) is 5.69 Å². The van der Waals surface area contributed by atoms with Crippen LogP contribution in [0.25, 0.3) is 0 Å². The number of hydrogen-bond acceptors (Lipinski definition) is 3. The van der Waals surface area contributed by atoms with Gasteiger partial charge in [-0.15, -0.1) is 0 Å². The lowest BCUT2D eigenvalue weighted by atomic mass is 9.94. The Labute approximate surface area is 181 Å². The van der Waals surface area contributed by atoms with Crippen molar-refractivity contribution in [2.24, 2.45) is 0 Å². The number of aromatic amines is 2. The zero-order valence-corrected chi connectivity index (χ0v) is 17.7. The van der Waals surface area contributed by atoms with Gasteiger partial charge in [-0.3, -0.25) is 19.5 Å². The first-order chi connectivity index (χ1) is 14.5. The second-order valence-electron chi connectivity index (χ2n) is 7.31. The Morgan fingerprint density at radius 2 is 1.90 bits per heavy atom. The van der Waals surface area contributed by atoms with E-state index in [4.69, 9.17) is 0 Å². The highest BCUT2D eigenvalue weighted by Crippen LogP contribution is 2.27. The first-order valence-corrected chi connectivity index (χ1v) is 10.5. The molecule has 1 unspecified atom stereocenters. The van der Waals surface area contributed by atoms with Crippen molar-refractivity contribution in [2.45, 2.75) is 18.8 Å². The predicted octanol–water partition coefficient (Wildman–Crippen LogP) is 3.74. The average Bonchev–Trinajstić information content (AvgIpc) is 3.20. The highest BCUT2D eigenvalue weighted by atomic mass is 79.9. The number of carbonyl (C=O) groups excluding carboxylic acids is 2. The monoisotopic (exact) mass is 468 g/mol. The molecular formula is C22H21BrN4O3. The summed E-state index contributed by atoms with van der Waals surface area (Å²) in [6, 6.07) is 15.7. The van der Waals surface area contributed by atoms with Gasteiger partial charge in [0, 0.05) is 40.8 Å². The van der Waals surface area contributed by atoms with Gasteiger partial charge in [-0.2, -0.15) is 0 Å². The Morgan fingerprint density at radius 1 is 1.07 bits per heavy atom. The molecule has 1 aliphatic heterocycles. The van der Waals surface area contributed by atoms with Crippen LogP contribution in [0.5, 0.6) is 0 Å².